The Bertz CT molecular complexity index is 1340. The van der Waals surface area contributed by atoms with Crippen molar-refractivity contribution in [2.24, 2.45) is 0 Å². The van der Waals surface area contributed by atoms with Crippen LogP contribution in [0.3, 0.4) is 0 Å². The number of benzene rings is 2. The molecular formula is C20H12F3N3O2S. The second-order valence-corrected chi connectivity index (χ2v) is 7.27. The zero-order valence-corrected chi connectivity index (χ0v) is 15.5. The van der Waals surface area contributed by atoms with Crippen LogP contribution in [0.5, 0.6) is 0 Å². The number of hydrogen-bond donors (Lipinski definition) is 0. The van der Waals surface area contributed by atoms with Crippen molar-refractivity contribution in [1.29, 1.82) is 0 Å². The van der Waals surface area contributed by atoms with Crippen molar-refractivity contribution in [2.45, 2.75) is 12.6 Å². The third kappa shape index (κ3) is 3.95. The minimum absolute atomic E-state index is 0.134. The molecule has 0 N–H and O–H groups in total. The maximum atomic E-state index is 12.7. The first-order valence-corrected chi connectivity index (χ1v) is 9.28. The summed E-state index contributed by atoms with van der Waals surface area (Å²) in [6.07, 6.45) is -2.74. The third-order valence-corrected chi connectivity index (χ3v) is 5.16. The lowest BCUT2D eigenvalue weighted by Gasteiger charge is -2.05. The van der Waals surface area contributed by atoms with Gasteiger partial charge in [0.15, 0.2) is 0 Å². The molecule has 0 aliphatic rings. The van der Waals surface area contributed by atoms with Crippen molar-refractivity contribution in [3.05, 3.63) is 102 Å². The highest BCUT2D eigenvalue weighted by Crippen LogP contribution is 2.29. The van der Waals surface area contributed by atoms with E-state index in [0.29, 0.717) is 5.56 Å². The SMILES string of the molecule is O=c1nc2sc(=Cc3ccc(C(F)(F)F)cc3)c(=O)n2nc1Cc1ccccc1. The number of hydrogen-bond acceptors (Lipinski definition) is 5. The lowest BCUT2D eigenvalue weighted by atomic mass is 10.1. The minimum Gasteiger partial charge on any atom is -0.266 e. The Morgan fingerprint density at radius 3 is 2.34 bits per heavy atom. The van der Waals surface area contributed by atoms with Crippen molar-refractivity contribution in [2.75, 3.05) is 0 Å². The molecule has 0 unspecified atom stereocenters. The zero-order chi connectivity index (χ0) is 20.6. The molecule has 29 heavy (non-hydrogen) atoms. The molecule has 0 amide bonds. The number of fused-ring (bicyclic) bond motifs is 1. The van der Waals surface area contributed by atoms with Crippen molar-refractivity contribution in [1.82, 2.24) is 14.6 Å². The van der Waals surface area contributed by atoms with Crippen LogP contribution in [0, 0.1) is 0 Å². The molecule has 5 nitrogen and oxygen atoms in total. The number of aromatic nitrogens is 3. The molecule has 0 bridgehead atoms. The van der Waals surface area contributed by atoms with Crippen LogP contribution >= 0.6 is 11.3 Å². The number of thiazole rings is 1. The van der Waals surface area contributed by atoms with E-state index in [4.69, 9.17) is 0 Å². The van der Waals surface area contributed by atoms with Gasteiger partial charge in [-0.05, 0) is 29.3 Å². The smallest absolute Gasteiger partial charge is 0.266 e. The van der Waals surface area contributed by atoms with Crippen molar-refractivity contribution in [3.63, 3.8) is 0 Å². The molecule has 0 aliphatic carbocycles. The first-order valence-electron chi connectivity index (χ1n) is 8.47. The van der Waals surface area contributed by atoms with Crippen LogP contribution in [0.15, 0.2) is 64.2 Å². The predicted octanol–water partition coefficient (Wildman–Crippen LogP) is 2.67. The van der Waals surface area contributed by atoms with Crippen LogP contribution in [-0.2, 0) is 12.6 Å². The summed E-state index contributed by atoms with van der Waals surface area (Å²) in [4.78, 5) is 29.0. The van der Waals surface area contributed by atoms with Crippen molar-refractivity contribution < 1.29 is 13.2 Å². The Labute approximate surface area is 165 Å². The molecule has 2 heterocycles. The van der Waals surface area contributed by atoms with Gasteiger partial charge in [-0.3, -0.25) is 9.59 Å². The van der Waals surface area contributed by atoms with Crippen LogP contribution in [0.25, 0.3) is 11.0 Å². The molecule has 0 saturated carbocycles. The fourth-order valence-corrected chi connectivity index (χ4v) is 3.67. The second-order valence-electron chi connectivity index (χ2n) is 6.26. The number of alkyl halides is 3. The minimum atomic E-state index is -4.43. The van der Waals surface area contributed by atoms with Gasteiger partial charge in [0.25, 0.3) is 11.1 Å². The van der Waals surface area contributed by atoms with E-state index >= 15 is 0 Å². The number of nitrogens with zero attached hydrogens (tertiary/aromatic N) is 3. The van der Waals surface area contributed by atoms with Crippen LogP contribution in [-0.4, -0.2) is 14.6 Å². The molecule has 0 aliphatic heterocycles. The van der Waals surface area contributed by atoms with Gasteiger partial charge in [0, 0.05) is 6.42 Å². The highest BCUT2D eigenvalue weighted by molar-refractivity contribution is 7.15. The summed E-state index contributed by atoms with van der Waals surface area (Å²) in [7, 11) is 0. The Morgan fingerprint density at radius 1 is 1.00 bits per heavy atom. The largest absolute Gasteiger partial charge is 0.416 e. The molecule has 9 heteroatoms. The Hall–Kier alpha value is -3.33. The van der Waals surface area contributed by atoms with E-state index < -0.39 is 22.9 Å². The van der Waals surface area contributed by atoms with Gasteiger partial charge in [-0.1, -0.05) is 53.8 Å². The van der Waals surface area contributed by atoms with E-state index in [-0.39, 0.29) is 21.6 Å². The molecule has 2 aromatic carbocycles. The van der Waals surface area contributed by atoms with E-state index in [2.05, 4.69) is 10.1 Å². The molecular weight excluding hydrogens is 403 g/mol. The summed E-state index contributed by atoms with van der Waals surface area (Å²) in [5.41, 5.74) is -0.340. The van der Waals surface area contributed by atoms with Gasteiger partial charge in [-0.15, -0.1) is 0 Å². The van der Waals surface area contributed by atoms with Crippen LogP contribution in [0.1, 0.15) is 22.4 Å². The van der Waals surface area contributed by atoms with Gasteiger partial charge in [0.2, 0.25) is 4.96 Å². The average Bonchev–Trinajstić information content (AvgIpc) is 2.97. The molecule has 0 radical (unpaired) electrons. The normalized spacial score (nSPS) is 12.6. The summed E-state index contributed by atoms with van der Waals surface area (Å²) in [5.74, 6) is 0. The van der Waals surface area contributed by atoms with Gasteiger partial charge in [0.1, 0.15) is 5.69 Å². The van der Waals surface area contributed by atoms with Crippen molar-refractivity contribution >= 4 is 22.4 Å². The summed E-state index contributed by atoms with van der Waals surface area (Å²) in [6.45, 7) is 0. The molecule has 2 aromatic heterocycles. The van der Waals surface area contributed by atoms with E-state index in [9.17, 15) is 22.8 Å². The van der Waals surface area contributed by atoms with Gasteiger partial charge < -0.3 is 0 Å². The molecule has 4 aromatic rings. The zero-order valence-electron chi connectivity index (χ0n) is 14.7. The maximum absolute atomic E-state index is 12.7. The van der Waals surface area contributed by atoms with Gasteiger partial charge in [-0.25, -0.2) is 0 Å². The van der Waals surface area contributed by atoms with E-state index in [1.54, 1.807) is 0 Å². The van der Waals surface area contributed by atoms with Gasteiger partial charge in [0.05, 0.1) is 10.1 Å². The Kier molecular flexibility index (Phi) is 4.75. The molecule has 0 atom stereocenters. The lowest BCUT2D eigenvalue weighted by Crippen LogP contribution is -2.28. The average molecular weight is 415 g/mol. The van der Waals surface area contributed by atoms with Crippen LogP contribution < -0.4 is 15.7 Å². The van der Waals surface area contributed by atoms with Crippen LogP contribution in [0.2, 0.25) is 0 Å². The van der Waals surface area contributed by atoms with E-state index in [1.807, 2.05) is 30.3 Å². The Balaban J connectivity index is 1.75. The highest BCUT2D eigenvalue weighted by Gasteiger charge is 2.29. The second kappa shape index (κ2) is 7.25. The van der Waals surface area contributed by atoms with E-state index in [1.165, 1.54) is 18.2 Å². The summed E-state index contributed by atoms with van der Waals surface area (Å²) in [5, 5.41) is 4.15. The van der Waals surface area contributed by atoms with Gasteiger partial charge >= 0.3 is 6.18 Å². The first kappa shape index (κ1) is 19.0. The lowest BCUT2D eigenvalue weighted by molar-refractivity contribution is -0.137. The molecule has 0 saturated heterocycles. The standard InChI is InChI=1S/C20H12F3N3O2S/c21-20(22,23)14-8-6-13(7-9-14)11-16-18(28)26-19(29-16)24-17(27)15(25-26)10-12-4-2-1-3-5-12/h1-9,11H,10H2. The summed E-state index contributed by atoms with van der Waals surface area (Å²) >= 11 is 0.957. The van der Waals surface area contributed by atoms with E-state index in [0.717, 1.165) is 33.5 Å². The third-order valence-electron chi connectivity index (χ3n) is 4.20. The number of rotatable bonds is 3. The molecule has 0 fully saturated rings. The summed E-state index contributed by atoms with van der Waals surface area (Å²) < 4.78 is 39.3. The summed E-state index contributed by atoms with van der Waals surface area (Å²) in [6, 6.07) is 13.6. The molecule has 0 spiro atoms. The predicted molar refractivity (Wildman–Crippen MR) is 103 cm³/mol. The van der Waals surface area contributed by atoms with Crippen molar-refractivity contribution in [3.8, 4) is 0 Å². The molecule has 146 valence electrons. The fraction of sp³-hybridized carbons (Fsp3) is 0.100. The quantitative estimate of drug-likeness (QED) is 0.516. The van der Waals surface area contributed by atoms with Gasteiger partial charge in [-0.2, -0.15) is 27.8 Å². The topological polar surface area (TPSA) is 64.3 Å². The maximum Gasteiger partial charge on any atom is 0.416 e. The highest BCUT2D eigenvalue weighted by atomic mass is 32.1. The van der Waals surface area contributed by atoms with Crippen LogP contribution in [0.4, 0.5) is 13.2 Å². The number of halogens is 3. The molecule has 4 rings (SSSR count). The Morgan fingerprint density at radius 2 is 1.69 bits per heavy atom. The monoisotopic (exact) mass is 415 g/mol. The fourth-order valence-electron chi connectivity index (χ4n) is 2.76. The first-order chi connectivity index (χ1) is 13.8.